The SMILES string of the molecule is CCCN(c1cc(C)ncc1CO)C(C)C. The molecule has 0 aliphatic heterocycles. The number of anilines is 1. The van der Waals surface area contributed by atoms with Crippen LogP contribution in [0, 0.1) is 6.92 Å². The van der Waals surface area contributed by atoms with Crippen LogP contribution in [-0.2, 0) is 6.61 Å². The second-order valence-electron chi connectivity index (χ2n) is 4.40. The predicted octanol–water partition coefficient (Wildman–Crippen LogP) is 2.51. The third-order valence-electron chi connectivity index (χ3n) is 2.67. The van der Waals surface area contributed by atoms with Gasteiger partial charge in [-0.3, -0.25) is 4.98 Å². The fourth-order valence-corrected chi connectivity index (χ4v) is 1.86. The minimum Gasteiger partial charge on any atom is -0.392 e. The highest BCUT2D eigenvalue weighted by atomic mass is 16.3. The summed E-state index contributed by atoms with van der Waals surface area (Å²) in [5.41, 5.74) is 3.02. The topological polar surface area (TPSA) is 36.4 Å². The summed E-state index contributed by atoms with van der Waals surface area (Å²) in [7, 11) is 0. The molecule has 0 unspecified atom stereocenters. The molecule has 1 rings (SSSR count). The average molecular weight is 222 g/mol. The van der Waals surface area contributed by atoms with Gasteiger partial charge >= 0.3 is 0 Å². The van der Waals surface area contributed by atoms with Crippen molar-refractivity contribution in [3.05, 3.63) is 23.5 Å². The third kappa shape index (κ3) is 2.95. The van der Waals surface area contributed by atoms with Gasteiger partial charge in [-0.15, -0.1) is 0 Å². The molecule has 0 amide bonds. The molecule has 0 aromatic carbocycles. The lowest BCUT2D eigenvalue weighted by Gasteiger charge is -2.30. The van der Waals surface area contributed by atoms with E-state index in [9.17, 15) is 5.11 Å². The summed E-state index contributed by atoms with van der Waals surface area (Å²) < 4.78 is 0. The van der Waals surface area contributed by atoms with Crippen LogP contribution in [0.15, 0.2) is 12.3 Å². The monoisotopic (exact) mass is 222 g/mol. The second-order valence-corrected chi connectivity index (χ2v) is 4.40. The summed E-state index contributed by atoms with van der Waals surface area (Å²) in [6.45, 7) is 9.56. The van der Waals surface area contributed by atoms with E-state index in [0.29, 0.717) is 6.04 Å². The molecule has 0 atom stereocenters. The van der Waals surface area contributed by atoms with Crippen molar-refractivity contribution in [1.29, 1.82) is 0 Å². The first-order valence-corrected chi connectivity index (χ1v) is 5.93. The Bertz CT molecular complexity index is 337. The molecule has 1 aromatic heterocycles. The number of hydrogen-bond acceptors (Lipinski definition) is 3. The van der Waals surface area contributed by atoms with E-state index in [-0.39, 0.29) is 6.61 Å². The number of rotatable bonds is 5. The smallest absolute Gasteiger partial charge is 0.0717 e. The van der Waals surface area contributed by atoms with Gasteiger partial charge in [-0.2, -0.15) is 0 Å². The number of nitrogens with zero attached hydrogens (tertiary/aromatic N) is 2. The summed E-state index contributed by atoms with van der Waals surface area (Å²) in [5, 5.41) is 9.34. The molecule has 0 aliphatic rings. The van der Waals surface area contributed by atoms with Gasteiger partial charge in [-0.1, -0.05) is 6.92 Å². The molecular formula is C13H22N2O. The van der Waals surface area contributed by atoms with E-state index in [1.54, 1.807) is 6.20 Å². The van der Waals surface area contributed by atoms with Crippen molar-refractivity contribution >= 4 is 5.69 Å². The molecule has 90 valence electrons. The lowest BCUT2D eigenvalue weighted by Crippen LogP contribution is -2.32. The van der Waals surface area contributed by atoms with Crippen molar-refractivity contribution in [1.82, 2.24) is 4.98 Å². The maximum atomic E-state index is 9.34. The zero-order valence-corrected chi connectivity index (χ0v) is 10.7. The molecular weight excluding hydrogens is 200 g/mol. The first-order valence-electron chi connectivity index (χ1n) is 5.93. The van der Waals surface area contributed by atoms with Crippen LogP contribution in [0.25, 0.3) is 0 Å². The Balaban J connectivity index is 3.10. The predicted molar refractivity (Wildman–Crippen MR) is 67.7 cm³/mol. The van der Waals surface area contributed by atoms with E-state index >= 15 is 0 Å². The van der Waals surface area contributed by atoms with E-state index in [4.69, 9.17) is 0 Å². The molecule has 0 fully saturated rings. The summed E-state index contributed by atoms with van der Waals surface area (Å²) >= 11 is 0. The normalized spacial score (nSPS) is 10.9. The Morgan fingerprint density at radius 2 is 2.12 bits per heavy atom. The van der Waals surface area contributed by atoms with Gasteiger partial charge in [0.1, 0.15) is 0 Å². The maximum absolute atomic E-state index is 9.34. The number of aryl methyl sites for hydroxylation is 1. The van der Waals surface area contributed by atoms with Crippen molar-refractivity contribution in [3.63, 3.8) is 0 Å². The number of pyridine rings is 1. The summed E-state index contributed by atoms with van der Waals surface area (Å²) in [4.78, 5) is 6.55. The van der Waals surface area contributed by atoms with E-state index in [0.717, 1.165) is 29.9 Å². The molecule has 1 N–H and O–H groups in total. The Kier molecular flexibility index (Phi) is 4.74. The number of aliphatic hydroxyl groups excluding tert-OH is 1. The van der Waals surface area contributed by atoms with Crippen molar-refractivity contribution < 1.29 is 5.11 Å². The molecule has 1 aromatic rings. The van der Waals surface area contributed by atoms with Gasteiger partial charge in [0.2, 0.25) is 0 Å². The largest absolute Gasteiger partial charge is 0.392 e. The number of hydrogen-bond donors (Lipinski definition) is 1. The molecule has 0 saturated heterocycles. The summed E-state index contributed by atoms with van der Waals surface area (Å²) in [5.74, 6) is 0. The fraction of sp³-hybridized carbons (Fsp3) is 0.615. The highest BCUT2D eigenvalue weighted by Crippen LogP contribution is 2.23. The van der Waals surface area contributed by atoms with Crippen LogP contribution in [0.2, 0.25) is 0 Å². The first-order chi connectivity index (χ1) is 7.60. The van der Waals surface area contributed by atoms with Crippen LogP contribution in [-0.4, -0.2) is 22.7 Å². The van der Waals surface area contributed by atoms with Crippen LogP contribution in [0.1, 0.15) is 38.4 Å². The molecule has 3 heteroatoms. The first kappa shape index (κ1) is 13.0. The van der Waals surface area contributed by atoms with Crippen LogP contribution in [0.4, 0.5) is 5.69 Å². The zero-order chi connectivity index (χ0) is 12.1. The van der Waals surface area contributed by atoms with Gasteiger partial charge in [0.25, 0.3) is 0 Å². The Hall–Kier alpha value is -1.09. The van der Waals surface area contributed by atoms with Gasteiger partial charge in [0, 0.05) is 35.7 Å². The van der Waals surface area contributed by atoms with E-state index in [1.165, 1.54) is 0 Å². The van der Waals surface area contributed by atoms with Gasteiger partial charge in [-0.25, -0.2) is 0 Å². The van der Waals surface area contributed by atoms with Gasteiger partial charge in [-0.05, 0) is 33.3 Å². The van der Waals surface area contributed by atoms with E-state index in [1.807, 2.05) is 6.92 Å². The van der Waals surface area contributed by atoms with Crippen LogP contribution < -0.4 is 4.90 Å². The number of aromatic nitrogens is 1. The van der Waals surface area contributed by atoms with E-state index in [2.05, 4.69) is 36.7 Å². The lowest BCUT2D eigenvalue weighted by atomic mass is 10.1. The molecule has 0 radical (unpaired) electrons. The Morgan fingerprint density at radius 1 is 1.44 bits per heavy atom. The Labute approximate surface area is 98.1 Å². The van der Waals surface area contributed by atoms with Gasteiger partial charge < -0.3 is 10.0 Å². The maximum Gasteiger partial charge on any atom is 0.0717 e. The van der Waals surface area contributed by atoms with Crippen molar-refractivity contribution in [2.24, 2.45) is 0 Å². The fourth-order valence-electron chi connectivity index (χ4n) is 1.86. The molecule has 16 heavy (non-hydrogen) atoms. The minimum absolute atomic E-state index is 0.0511. The van der Waals surface area contributed by atoms with Crippen molar-refractivity contribution in [2.45, 2.75) is 46.8 Å². The van der Waals surface area contributed by atoms with Crippen LogP contribution in [0.5, 0.6) is 0 Å². The van der Waals surface area contributed by atoms with Gasteiger partial charge in [0.05, 0.1) is 6.61 Å². The average Bonchev–Trinajstić information content (AvgIpc) is 2.25. The van der Waals surface area contributed by atoms with Crippen LogP contribution in [0.3, 0.4) is 0 Å². The molecule has 1 heterocycles. The Morgan fingerprint density at radius 3 is 2.62 bits per heavy atom. The number of aliphatic hydroxyl groups is 1. The quantitative estimate of drug-likeness (QED) is 0.831. The second kappa shape index (κ2) is 5.85. The third-order valence-corrected chi connectivity index (χ3v) is 2.67. The summed E-state index contributed by atoms with van der Waals surface area (Å²) in [6, 6.07) is 2.49. The lowest BCUT2D eigenvalue weighted by molar-refractivity contribution is 0.281. The zero-order valence-electron chi connectivity index (χ0n) is 10.7. The summed E-state index contributed by atoms with van der Waals surface area (Å²) in [6.07, 6.45) is 2.88. The highest BCUT2D eigenvalue weighted by Gasteiger charge is 2.13. The molecule has 3 nitrogen and oxygen atoms in total. The van der Waals surface area contributed by atoms with Gasteiger partial charge in [0.15, 0.2) is 0 Å². The molecule has 0 saturated carbocycles. The van der Waals surface area contributed by atoms with Crippen LogP contribution >= 0.6 is 0 Å². The molecule has 0 spiro atoms. The molecule has 0 bridgehead atoms. The standard InChI is InChI=1S/C13H22N2O/c1-5-6-15(10(2)3)13-7-11(4)14-8-12(13)9-16/h7-8,10,16H,5-6,9H2,1-4H3. The highest BCUT2D eigenvalue weighted by molar-refractivity contribution is 5.54. The minimum atomic E-state index is 0.0511. The van der Waals surface area contributed by atoms with Crippen molar-refractivity contribution in [2.75, 3.05) is 11.4 Å². The molecule has 0 aliphatic carbocycles. The van der Waals surface area contributed by atoms with E-state index < -0.39 is 0 Å². The van der Waals surface area contributed by atoms with Crippen molar-refractivity contribution in [3.8, 4) is 0 Å².